The highest BCUT2D eigenvalue weighted by Gasteiger charge is 2.21. The van der Waals surface area contributed by atoms with Crippen LogP contribution in [0.15, 0.2) is 9.52 Å². The molecule has 2 heterocycles. The summed E-state index contributed by atoms with van der Waals surface area (Å²) >= 11 is 0. The maximum atomic E-state index is 5.43. The molecule has 0 aliphatic carbocycles. The summed E-state index contributed by atoms with van der Waals surface area (Å²) in [4.78, 5) is 6.94. The van der Waals surface area contributed by atoms with Gasteiger partial charge in [0.2, 0.25) is 0 Å². The van der Waals surface area contributed by atoms with E-state index < -0.39 is 0 Å². The smallest absolute Gasteiger partial charge is 0.191 e. The van der Waals surface area contributed by atoms with Gasteiger partial charge in [0.25, 0.3) is 0 Å². The van der Waals surface area contributed by atoms with E-state index in [0.29, 0.717) is 12.6 Å². The minimum Gasteiger partial charge on any atom is -0.361 e. The van der Waals surface area contributed by atoms with Gasteiger partial charge in [-0.2, -0.15) is 0 Å². The van der Waals surface area contributed by atoms with Crippen LogP contribution in [0.1, 0.15) is 57.6 Å². The molecule has 1 aromatic heterocycles. The molecule has 0 radical (unpaired) electrons. The average Bonchev–Trinajstić information content (AvgIpc) is 3.03. The number of hydrogen-bond acceptors (Lipinski definition) is 4. The highest BCUT2D eigenvalue weighted by atomic mass is 16.5. The molecule has 1 aliphatic rings. The van der Waals surface area contributed by atoms with Gasteiger partial charge in [-0.1, -0.05) is 25.9 Å². The van der Waals surface area contributed by atoms with Gasteiger partial charge in [-0.05, 0) is 38.6 Å². The summed E-state index contributed by atoms with van der Waals surface area (Å²) in [5.41, 5.74) is 2.21. The third-order valence-corrected chi connectivity index (χ3v) is 5.14. The molecule has 2 N–H and O–H groups in total. The molecular formula is C19H35N5O. The Labute approximate surface area is 152 Å². The van der Waals surface area contributed by atoms with E-state index in [2.05, 4.69) is 53.4 Å². The van der Waals surface area contributed by atoms with Gasteiger partial charge in [0.15, 0.2) is 5.96 Å². The van der Waals surface area contributed by atoms with Crippen molar-refractivity contribution in [3.05, 3.63) is 17.0 Å². The van der Waals surface area contributed by atoms with Gasteiger partial charge in [0, 0.05) is 44.7 Å². The summed E-state index contributed by atoms with van der Waals surface area (Å²) in [6.45, 7) is 12.9. The second-order valence-corrected chi connectivity index (χ2v) is 7.14. The summed E-state index contributed by atoms with van der Waals surface area (Å²) < 4.78 is 5.43. The van der Waals surface area contributed by atoms with Crippen LogP contribution in [-0.2, 0) is 19.4 Å². The van der Waals surface area contributed by atoms with E-state index in [1.807, 2.05) is 7.05 Å². The lowest BCUT2D eigenvalue weighted by Crippen LogP contribution is -2.48. The molecule has 0 amide bonds. The monoisotopic (exact) mass is 349 g/mol. The fourth-order valence-corrected chi connectivity index (χ4v) is 3.53. The normalized spacial score (nSPS) is 20.5. The van der Waals surface area contributed by atoms with E-state index in [-0.39, 0.29) is 0 Å². The average molecular weight is 350 g/mol. The van der Waals surface area contributed by atoms with Crippen molar-refractivity contribution in [3.63, 3.8) is 0 Å². The lowest BCUT2D eigenvalue weighted by molar-refractivity contribution is 0.139. The molecule has 25 heavy (non-hydrogen) atoms. The van der Waals surface area contributed by atoms with E-state index in [9.17, 15) is 0 Å². The lowest BCUT2D eigenvalue weighted by atomic mass is 9.99. The van der Waals surface area contributed by atoms with Crippen molar-refractivity contribution in [2.24, 2.45) is 10.9 Å². The highest BCUT2D eigenvalue weighted by Crippen LogP contribution is 2.17. The number of aryl methyl sites for hydroxylation is 2. The van der Waals surface area contributed by atoms with Crippen molar-refractivity contribution in [1.82, 2.24) is 20.7 Å². The lowest BCUT2D eigenvalue weighted by Gasteiger charge is -2.35. The Morgan fingerprint density at radius 3 is 2.80 bits per heavy atom. The molecule has 6 nitrogen and oxygen atoms in total. The van der Waals surface area contributed by atoms with E-state index in [1.54, 1.807) is 0 Å². The molecule has 0 aromatic carbocycles. The van der Waals surface area contributed by atoms with Gasteiger partial charge in [0.1, 0.15) is 5.76 Å². The molecule has 1 aliphatic heterocycles. The van der Waals surface area contributed by atoms with Gasteiger partial charge < -0.3 is 15.2 Å². The third-order valence-electron chi connectivity index (χ3n) is 5.14. The predicted octanol–water partition coefficient (Wildman–Crippen LogP) is 2.58. The van der Waals surface area contributed by atoms with E-state index in [0.717, 1.165) is 42.7 Å². The number of aromatic nitrogens is 1. The zero-order chi connectivity index (χ0) is 18.2. The standard InChI is InChI=1S/C19H35N5O/c1-6-17-16(18(7-2)25-23-17)12-22-19(20-5)21-11-15(4)24-10-8-9-14(3)13-24/h14-15H,6-13H2,1-5H3,(H2,20,21,22). The fourth-order valence-electron chi connectivity index (χ4n) is 3.53. The van der Waals surface area contributed by atoms with Gasteiger partial charge in [-0.3, -0.25) is 9.89 Å². The maximum Gasteiger partial charge on any atom is 0.191 e. The van der Waals surface area contributed by atoms with E-state index in [4.69, 9.17) is 4.52 Å². The Kier molecular flexibility index (Phi) is 7.75. The topological polar surface area (TPSA) is 65.7 Å². The minimum atomic E-state index is 0.509. The Hall–Kier alpha value is -1.56. The van der Waals surface area contributed by atoms with Crippen LogP contribution < -0.4 is 10.6 Å². The summed E-state index contributed by atoms with van der Waals surface area (Å²) in [6.07, 6.45) is 4.42. The summed E-state index contributed by atoms with van der Waals surface area (Å²) in [6, 6.07) is 0.509. The molecule has 1 aromatic rings. The van der Waals surface area contributed by atoms with Gasteiger partial charge >= 0.3 is 0 Å². The van der Waals surface area contributed by atoms with Crippen molar-refractivity contribution < 1.29 is 4.52 Å². The molecule has 1 saturated heterocycles. The Bertz CT molecular complexity index is 533. The van der Waals surface area contributed by atoms with Crippen LogP contribution in [0, 0.1) is 5.92 Å². The number of nitrogens with one attached hydrogen (secondary N) is 2. The molecule has 0 saturated carbocycles. The summed E-state index contributed by atoms with van der Waals surface area (Å²) in [5.74, 6) is 2.61. The fraction of sp³-hybridized carbons (Fsp3) is 0.789. The van der Waals surface area contributed by atoms with Crippen LogP contribution in [0.4, 0.5) is 0 Å². The molecule has 2 unspecified atom stereocenters. The molecule has 1 fully saturated rings. The van der Waals surface area contributed by atoms with Crippen LogP contribution in [0.25, 0.3) is 0 Å². The number of likely N-dealkylation sites (tertiary alicyclic amines) is 1. The molecule has 0 bridgehead atoms. The first-order valence-corrected chi connectivity index (χ1v) is 9.73. The first-order chi connectivity index (χ1) is 12.1. The number of nitrogens with zero attached hydrogens (tertiary/aromatic N) is 3. The van der Waals surface area contributed by atoms with Crippen molar-refractivity contribution in [1.29, 1.82) is 0 Å². The van der Waals surface area contributed by atoms with Crippen molar-refractivity contribution in [3.8, 4) is 0 Å². The molecular weight excluding hydrogens is 314 g/mol. The van der Waals surface area contributed by atoms with Crippen molar-refractivity contribution >= 4 is 5.96 Å². The molecule has 2 rings (SSSR count). The Morgan fingerprint density at radius 1 is 1.36 bits per heavy atom. The second-order valence-electron chi connectivity index (χ2n) is 7.14. The highest BCUT2D eigenvalue weighted by molar-refractivity contribution is 5.79. The summed E-state index contributed by atoms with van der Waals surface area (Å²) in [7, 11) is 1.82. The van der Waals surface area contributed by atoms with Gasteiger partial charge in [-0.15, -0.1) is 0 Å². The molecule has 6 heteroatoms. The Balaban J connectivity index is 1.84. The number of rotatable bonds is 7. The minimum absolute atomic E-state index is 0.509. The van der Waals surface area contributed by atoms with Crippen LogP contribution >= 0.6 is 0 Å². The second kappa shape index (κ2) is 9.80. The van der Waals surface area contributed by atoms with Gasteiger partial charge in [-0.25, -0.2) is 0 Å². The van der Waals surface area contributed by atoms with Crippen molar-refractivity contribution in [2.45, 2.75) is 66.0 Å². The van der Waals surface area contributed by atoms with E-state index >= 15 is 0 Å². The SMILES string of the molecule is CCc1noc(CC)c1CNC(=NC)NCC(C)N1CCCC(C)C1. The van der Waals surface area contributed by atoms with Crippen LogP contribution in [-0.4, -0.2) is 48.7 Å². The zero-order valence-electron chi connectivity index (χ0n) is 16.6. The quantitative estimate of drug-likeness (QED) is 0.585. The maximum absolute atomic E-state index is 5.43. The number of guanidine groups is 1. The van der Waals surface area contributed by atoms with Crippen LogP contribution in [0.2, 0.25) is 0 Å². The molecule has 2 atom stereocenters. The Morgan fingerprint density at radius 2 is 2.16 bits per heavy atom. The number of aliphatic imine (C=N–C) groups is 1. The van der Waals surface area contributed by atoms with Crippen molar-refractivity contribution in [2.75, 3.05) is 26.7 Å². The first-order valence-electron chi connectivity index (χ1n) is 9.73. The van der Waals surface area contributed by atoms with Crippen LogP contribution in [0.5, 0.6) is 0 Å². The largest absolute Gasteiger partial charge is 0.361 e. The summed E-state index contributed by atoms with van der Waals surface area (Å²) in [5, 5.41) is 11.0. The molecule has 142 valence electrons. The number of hydrogen-bond donors (Lipinski definition) is 2. The van der Waals surface area contributed by atoms with Crippen LogP contribution in [0.3, 0.4) is 0 Å². The van der Waals surface area contributed by atoms with E-state index in [1.165, 1.54) is 31.5 Å². The predicted molar refractivity (Wildman–Crippen MR) is 103 cm³/mol. The number of piperidine rings is 1. The third kappa shape index (κ3) is 5.46. The molecule has 0 spiro atoms. The van der Waals surface area contributed by atoms with Gasteiger partial charge in [0.05, 0.1) is 5.69 Å². The zero-order valence-corrected chi connectivity index (χ0v) is 16.6. The first kappa shape index (κ1) is 19.8.